The number of imidazole rings is 1. The van der Waals surface area contributed by atoms with E-state index in [0.29, 0.717) is 11.7 Å². The first-order chi connectivity index (χ1) is 8.22. The lowest BCUT2D eigenvalue weighted by molar-refractivity contribution is 0.0684. The zero-order chi connectivity index (χ0) is 12.3. The molecule has 0 aliphatic rings. The first-order valence-corrected chi connectivity index (χ1v) is 6.31. The topological polar surface area (TPSA) is 55.1 Å². The first kappa shape index (κ1) is 11.7. The number of carboxylic acids is 1. The molecule has 0 unspecified atom stereocenters. The van der Waals surface area contributed by atoms with Crippen LogP contribution >= 0.6 is 11.8 Å². The highest BCUT2D eigenvalue weighted by molar-refractivity contribution is 7.98. The summed E-state index contributed by atoms with van der Waals surface area (Å²) in [4.78, 5) is 15.2. The van der Waals surface area contributed by atoms with Crippen molar-refractivity contribution in [1.29, 1.82) is 0 Å². The van der Waals surface area contributed by atoms with Gasteiger partial charge in [0.15, 0.2) is 5.16 Å². The van der Waals surface area contributed by atoms with E-state index < -0.39 is 5.97 Å². The molecule has 0 bridgehead atoms. The molecule has 0 saturated heterocycles. The number of hydrogen-bond donors (Lipinski definition) is 1. The number of aromatic carboxylic acids is 1. The number of benzene rings is 1. The molecule has 1 aromatic heterocycles. The SMILES string of the molecule is CS[14c]1ncc(C(=O)O)n1Cc1ccccc1. The van der Waals surface area contributed by atoms with Crippen molar-refractivity contribution < 1.29 is 9.90 Å². The van der Waals surface area contributed by atoms with Gasteiger partial charge in [-0.3, -0.25) is 0 Å². The Balaban J connectivity index is 2.37. The quantitative estimate of drug-likeness (QED) is 0.846. The van der Waals surface area contributed by atoms with Gasteiger partial charge in [-0.15, -0.1) is 0 Å². The Labute approximate surface area is 103 Å². The van der Waals surface area contributed by atoms with Gasteiger partial charge in [-0.25, -0.2) is 9.78 Å². The van der Waals surface area contributed by atoms with Crippen molar-refractivity contribution in [2.24, 2.45) is 0 Å². The van der Waals surface area contributed by atoms with E-state index in [1.165, 1.54) is 18.0 Å². The molecule has 1 aromatic carbocycles. The molecule has 1 N–H and O–H groups in total. The molecule has 17 heavy (non-hydrogen) atoms. The summed E-state index contributed by atoms with van der Waals surface area (Å²) in [5.74, 6) is -0.950. The molecular weight excluding hydrogens is 238 g/mol. The van der Waals surface area contributed by atoms with Crippen LogP contribution in [0.4, 0.5) is 0 Å². The maximum absolute atomic E-state index is 11.1. The van der Waals surface area contributed by atoms with E-state index in [1.54, 1.807) is 4.57 Å². The third kappa shape index (κ3) is 2.50. The lowest BCUT2D eigenvalue weighted by atomic mass is 10.2. The van der Waals surface area contributed by atoms with E-state index in [-0.39, 0.29) is 5.69 Å². The summed E-state index contributed by atoms with van der Waals surface area (Å²) in [6.45, 7) is 0.526. The molecule has 0 atom stereocenters. The van der Waals surface area contributed by atoms with Crippen LogP contribution in [0.5, 0.6) is 0 Å². The maximum Gasteiger partial charge on any atom is 0.354 e. The van der Waals surface area contributed by atoms with Crippen LogP contribution in [0, 0.1) is 0 Å². The third-order valence-corrected chi connectivity index (χ3v) is 3.10. The number of thioether (sulfide) groups is 1. The fourth-order valence-electron chi connectivity index (χ4n) is 1.61. The van der Waals surface area contributed by atoms with Crippen molar-refractivity contribution in [3.8, 4) is 0 Å². The number of aromatic nitrogens is 2. The summed E-state index contributed by atoms with van der Waals surface area (Å²) in [5.41, 5.74) is 1.28. The van der Waals surface area contributed by atoms with Gasteiger partial charge in [-0.1, -0.05) is 42.1 Å². The Bertz CT molecular complexity index is 523. The van der Waals surface area contributed by atoms with Gasteiger partial charge in [0.25, 0.3) is 0 Å². The van der Waals surface area contributed by atoms with Crippen LogP contribution in [0.25, 0.3) is 0 Å². The van der Waals surface area contributed by atoms with Gasteiger partial charge >= 0.3 is 5.97 Å². The normalized spacial score (nSPS) is 10.4. The number of hydrogen-bond acceptors (Lipinski definition) is 3. The van der Waals surface area contributed by atoms with Gasteiger partial charge in [0.05, 0.1) is 12.7 Å². The maximum atomic E-state index is 11.1. The predicted molar refractivity (Wildman–Crippen MR) is 66.5 cm³/mol. The summed E-state index contributed by atoms with van der Waals surface area (Å²) in [5, 5.41) is 9.80. The Morgan fingerprint density at radius 1 is 1.47 bits per heavy atom. The molecule has 5 heteroatoms. The standard InChI is InChI=1S/C12H12N2O2S/c1-17-12-13-7-10(11(15)16)14(12)8-9-5-3-2-4-6-9/h2-7H,8H2,1H3,(H,15,16)/i12+2. The van der Waals surface area contributed by atoms with Gasteiger partial charge in [0.1, 0.15) is 5.69 Å². The Kier molecular flexibility index (Phi) is 3.49. The van der Waals surface area contributed by atoms with Gasteiger partial charge in [-0.2, -0.15) is 0 Å². The number of carbonyl (C=O) groups is 1. The number of carboxylic acid groups (broad SMARTS) is 1. The van der Waals surface area contributed by atoms with Crippen LogP contribution in [0.3, 0.4) is 0 Å². The van der Waals surface area contributed by atoms with Gasteiger partial charge in [0.2, 0.25) is 0 Å². The molecule has 0 amide bonds. The van der Waals surface area contributed by atoms with Crippen molar-refractivity contribution in [1.82, 2.24) is 9.55 Å². The minimum absolute atomic E-state index is 0.221. The lowest BCUT2D eigenvalue weighted by Crippen LogP contribution is -2.10. The van der Waals surface area contributed by atoms with E-state index in [4.69, 9.17) is 5.11 Å². The predicted octanol–water partition coefficient (Wildman–Crippen LogP) is 2.35. The average molecular weight is 250 g/mol. The van der Waals surface area contributed by atoms with Crippen molar-refractivity contribution in [3.05, 3.63) is 47.8 Å². The molecule has 0 spiro atoms. The molecule has 2 rings (SSSR count). The molecular formula is C12H12N2O2S. The molecule has 2 aromatic rings. The molecule has 0 aliphatic carbocycles. The van der Waals surface area contributed by atoms with Crippen LogP contribution < -0.4 is 0 Å². The van der Waals surface area contributed by atoms with Crippen LogP contribution in [0.2, 0.25) is 0 Å². The highest BCUT2D eigenvalue weighted by Gasteiger charge is 2.14. The monoisotopic (exact) mass is 250 g/mol. The molecule has 88 valence electrons. The lowest BCUT2D eigenvalue weighted by Gasteiger charge is -2.08. The van der Waals surface area contributed by atoms with E-state index >= 15 is 0 Å². The van der Waals surface area contributed by atoms with Crippen LogP contribution in [-0.4, -0.2) is 26.9 Å². The smallest absolute Gasteiger partial charge is 0.354 e. The highest BCUT2D eigenvalue weighted by atomic mass is 32.2. The summed E-state index contributed by atoms with van der Waals surface area (Å²) in [7, 11) is 0. The minimum atomic E-state index is -0.950. The van der Waals surface area contributed by atoms with Crippen molar-refractivity contribution >= 4 is 17.7 Å². The molecule has 0 saturated carbocycles. The van der Waals surface area contributed by atoms with Crippen LogP contribution in [-0.2, 0) is 6.54 Å². The molecule has 0 fully saturated rings. The van der Waals surface area contributed by atoms with E-state index in [2.05, 4.69) is 4.98 Å². The second-order valence-corrected chi connectivity index (χ2v) is 4.28. The fourth-order valence-corrected chi connectivity index (χ4v) is 2.15. The Morgan fingerprint density at radius 3 is 2.76 bits per heavy atom. The highest BCUT2D eigenvalue weighted by Crippen LogP contribution is 2.17. The van der Waals surface area contributed by atoms with Crippen molar-refractivity contribution in [3.63, 3.8) is 0 Å². The summed E-state index contributed by atoms with van der Waals surface area (Å²) in [6.07, 6.45) is 3.28. The fraction of sp³-hybridized carbons (Fsp3) is 0.167. The van der Waals surface area contributed by atoms with Crippen molar-refractivity contribution in [2.45, 2.75) is 11.7 Å². The number of nitrogens with zero attached hydrogens (tertiary/aromatic N) is 2. The molecule has 1 heterocycles. The molecule has 0 radical (unpaired) electrons. The second-order valence-electron chi connectivity index (χ2n) is 3.51. The average Bonchev–Trinajstić information content (AvgIpc) is 2.73. The molecule has 4 nitrogen and oxygen atoms in total. The second kappa shape index (κ2) is 5.05. The zero-order valence-electron chi connectivity index (χ0n) is 9.33. The largest absolute Gasteiger partial charge is 0.477 e. The zero-order valence-corrected chi connectivity index (χ0v) is 10.1. The molecule has 0 aliphatic heterocycles. The Morgan fingerprint density at radius 2 is 2.18 bits per heavy atom. The van der Waals surface area contributed by atoms with E-state index in [9.17, 15) is 4.79 Å². The summed E-state index contributed by atoms with van der Waals surface area (Å²) in [6, 6.07) is 9.74. The van der Waals surface area contributed by atoms with E-state index in [1.807, 2.05) is 36.6 Å². The van der Waals surface area contributed by atoms with Crippen LogP contribution in [0.15, 0.2) is 41.7 Å². The third-order valence-electron chi connectivity index (χ3n) is 2.40. The Hall–Kier alpha value is -1.75. The van der Waals surface area contributed by atoms with Gasteiger partial charge < -0.3 is 9.67 Å². The first-order valence-electron chi connectivity index (χ1n) is 5.09. The minimum Gasteiger partial charge on any atom is -0.477 e. The number of rotatable bonds is 4. The summed E-state index contributed by atoms with van der Waals surface area (Å²) >= 11 is 1.44. The summed E-state index contributed by atoms with van der Waals surface area (Å²) < 4.78 is 1.71. The van der Waals surface area contributed by atoms with Crippen LogP contribution in [0.1, 0.15) is 16.1 Å². The van der Waals surface area contributed by atoms with Gasteiger partial charge in [0, 0.05) is 0 Å². The van der Waals surface area contributed by atoms with Gasteiger partial charge in [-0.05, 0) is 11.8 Å². The van der Waals surface area contributed by atoms with Crippen molar-refractivity contribution in [2.75, 3.05) is 6.26 Å². The van der Waals surface area contributed by atoms with E-state index in [0.717, 1.165) is 5.56 Å².